The van der Waals surface area contributed by atoms with Crippen molar-refractivity contribution in [2.45, 2.75) is 52.8 Å². The maximum absolute atomic E-state index is 12.7. The van der Waals surface area contributed by atoms with Gasteiger partial charge in [0.1, 0.15) is 6.04 Å². The van der Waals surface area contributed by atoms with Crippen LogP contribution in [-0.4, -0.2) is 29.9 Å². The zero-order valence-corrected chi connectivity index (χ0v) is 18.1. The first kappa shape index (κ1) is 23.1. The van der Waals surface area contributed by atoms with Gasteiger partial charge < -0.3 is 15.4 Å². The van der Waals surface area contributed by atoms with Gasteiger partial charge in [-0.3, -0.25) is 9.59 Å². The minimum absolute atomic E-state index is 0.203. The molecule has 0 aliphatic heterocycles. The normalized spacial score (nSPS) is 13.8. The molecule has 0 aromatic heterocycles. The summed E-state index contributed by atoms with van der Waals surface area (Å²) in [6.45, 7) is 8.93. The van der Waals surface area contributed by atoms with Gasteiger partial charge in [0.2, 0.25) is 0 Å². The third kappa shape index (κ3) is 6.44. The lowest BCUT2D eigenvalue weighted by Gasteiger charge is -2.24. The van der Waals surface area contributed by atoms with E-state index in [4.69, 9.17) is 4.74 Å². The quantitative estimate of drug-likeness (QED) is 0.652. The molecule has 0 radical (unpaired) electrons. The van der Waals surface area contributed by atoms with Gasteiger partial charge >= 0.3 is 5.97 Å². The largest absolute Gasteiger partial charge is 0.451 e. The van der Waals surface area contributed by atoms with Crippen molar-refractivity contribution in [1.82, 2.24) is 10.6 Å². The molecule has 2 N–H and O–H groups in total. The minimum atomic E-state index is -0.985. The summed E-state index contributed by atoms with van der Waals surface area (Å²) in [7, 11) is 0. The highest BCUT2D eigenvalue weighted by Crippen LogP contribution is 2.13. The van der Waals surface area contributed by atoms with Crippen LogP contribution in [0.25, 0.3) is 0 Å². The van der Waals surface area contributed by atoms with Gasteiger partial charge in [0, 0.05) is 5.56 Å². The zero-order chi connectivity index (χ0) is 22.3. The van der Waals surface area contributed by atoms with Crippen LogP contribution in [0.3, 0.4) is 0 Å². The van der Waals surface area contributed by atoms with Crippen LogP contribution >= 0.6 is 0 Å². The lowest BCUT2D eigenvalue weighted by molar-refractivity contribution is -0.157. The topological polar surface area (TPSA) is 84.5 Å². The molecule has 2 aromatic rings. The highest BCUT2D eigenvalue weighted by atomic mass is 16.5. The molecular formula is C24H30N2O4. The Hall–Kier alpha value is -3.15. The van der Waals surface area contributed by atoms with Crippen LogP contribution in [0.2, 0.25) is 0 Å². The molecule has 2 aromatic carbocycles. The average Bonchev–Trinajstić information content (AvgIpc) is 2.72. The maximum atomic E-state index is 12.7. The second kappa shape index (κ2) is 10.6. The first-order valence-corrected chi connectivity index (χ1v) is 10.1. The van der Waals surface area contributed by atoms with Crippen LogP contribution < -0.4 is 10.6 Å². The summed E-state index contributed by atoms with van der Waals surface area (Å²) in [6, 6.07) is 15.5. The summed E-state index contributed by atoms with van der Waals surface area (Å²) < 4.78 is 5.36. The molecule has 2 rings (SSSR count). The van der Waals surface area contributed by atoms with Crippen molar-refractivity contribution >= 4 is 17.8 Å². The van der Waals surface area contributed by atoms with E-state index in [1.165, 1.54) is 6.92 Å². The number of hydrogen-bond donors (Lipinski definition) is 2. The van der Waals surface area contributed by atoms with Gasteiger partial charge in [-0.2, -0.15) is 0 Å². The fourth-order valence-corrected chi connectivity index (χ4v) is 2.88. The Labute approximate surface area is 178 Å². The number of esters is 1. The second-order valence-corrected chi connectivity index (χ2v) is 7.78. The van der Waals surface area contributed by atoms with Crippen molar-refractivity contribution in [2.75, 3.05) is 0 Å². The van der Waals surface area contributed by atoms with Crippen LogP contribution in [0.15, 0.2) is 54.6 Å². The fraction of sp³-hybridized carbons (Fsp3) is 0.375. The standard InChI is InChI=1S/C24H30N2O4/c1-15(2)21(26-23(28)20-13-11-16(3)12-14-20)24(29)30-18(5)22(27)25-17(4)19-9-7-6-8-10-19/h6-15,17-18,21H,1-5H3,(H,25,27)(H,26,28). The zero-order valence-electron chi connectivity index (χ0n) is 18.1. The highest BCUT2D eigenvalue weighted by molar-refractivity contribution is 5.97. The van der Waals surface area contributed by atoms with E-state index in [0.29, 0.717) is 5.56 Å². The summed E-state index contributed by atoms with van der Waals surface area (Å²) in [5, 5.41) is 5.56. The molecule has 0 aliphatic rings. The number of benzene rings is 2. The van der Waals surface area contributed by atoms with Gasteiger partial charge in [-0.1, -0.05) is 61.9 Å². The van der Waals surface area contributed by atoms with E-state index < -0.39 is 24.0 Å². The molecule has 0 bridgehead atoms. The maximum Gasteiger partial charge on any atom is 0.329 e. The third-order valence-corrected chi connectivity index (χ3v) is 4.84. The lowest BCUT2D eigenvalue weighted by atomic mass is 10.0. The first-order chi connectivity index (χ1) is 14.2. The molecule has 3 unspecified atom stereocenters. The molecule has 160 valence electrons. The van der Waals surface area contributed by atoms with Gasteiger partial charge in [-0.25, -0.2) is 4.79 Å². The van der Waals surface area contributed by atoms with Crippen LogP contribution in [0.5, 0.6) is 0 Å². The van der Waals surface area contributed by atoms with Crippen LogP contribution in [0.4, 0.5) is 0 Å². The lowest BCUT2D eigenvalue weighted by Crippen LogP contribution is -2.47. The molecule has 6 nitrogen and oxygen atoms in total. The summed E-state index contributed by atoms with van der Waals surface area (Å²) in [5.41, 5.74) is 2.45. The Morgan fingerprint density at radius 1 is 0.833 bits per heavy atom. The van der Waals surface area contributed by atoms with Crippen LogP contribution in [-0.2, 0) is 14.3 Å². The van der Waals surface area contributed by atoms with E-state index in [1.807, 2.05) is 70.2 Å². The van der Waals surface area contributed by atoms with E-state index in [0.717, 1.165) is 11.1 Å². The van der Waals surface area contributed by atoms with Crippen molar-refractivity contribution < 1.29 is 19.1 Å². The number of nitrogens with one attached hydrogen (secondary N) is 2. The molecule has 0 saturated heterocycles. The van der Waals surface area contributed by atoms with Crippen LogP contribution in [0.1, 0.15) is 55.2 Å². The van der Waals surface area contributed by atoms with Gasteiger partial charge in [0.05, 0.1) is 6.04 Å². The highest BCUT2D eigenvalue weighted by Gasteiger charge is 2.29. The minimum Gasteiger partial charge on any atom is -0.451 e. The molecule has 2 amide bonds. The number of carbonyl (C=O) groups excluding carboxylic acids is 3. The monoisotopic (exact) mass is 410 g/mol. The van der Waals surface area contributed by atoms with Crippen molar-refractivity contribution in [3.05, 3.63) is 71.3 Å². The molecule has 3 atom stereocenters. The van der Waals surface area contributed by atoms with E-state index in [2.05, 4.69) is 10.6 Å². The number of rotatable bonds is 8. The van der Waals surface area contributed by atoms with Crippen LogP contribution in [0, 0.1) is 12.8 Å². The second-order valence-electron chi connectivity index (χ2n) is 7.78. The third-order valence-electron chi connectivity index (χ3n) is 4.84. The van der Waals surface area contributed by atoms with Crippen molar-refractivity contribution in [1.29, 1.82) is 0 Å². The average molecular weight is 411 g/mol. The smallest absolute Gasteiger partial charge is 0.329 e. The molecule has 0 spiro atoms. The van der Waals surface area contributed by atoms with Gasteiger partial charge in [-0.05, 0) is 44.4 Å². The molecule has 0 aliphatic carbocycles. The summed E-state index contributed by atoms with van der Waals surface area (Å²) in [5.74, 6) is -1.60. The Balaban J connectivity index is 1.97. The molecule has 0 heterocycles. The summed E-state index contributed by atoms with van der Waals surface area (Å²) in [6.07, 6.45) is -0.985. The molecule has 30 heavy (non-hydrogen) atoms. The molecule has 0 fully saturated rings. The number of carbonyl (C=O) groups is 3. The number of ether oxygens (including phenoxy) is 1. The Kier molecular flexibility index (Phi) is 8.16. The van der Waals surface area contributed by atoms with E-state index in [-0.39, 0.29) is 17.9 Å². The molecule has 0 saturated carbocycles. The Morgan fingerprint density at radius 2 is 1.43 bits per heavy atom. The van der Waals surface area contributed by atoms with Gasteiger partial charge in [0.25, 0.3) is 11.8 Å². The molecule has 6 heteroatoms. The SMILES string of the molecule is Cc1ccc(C(=O)NC(C(=O)OC(C)C(=O)NC(C)c2ccccc2)C(C)C)cc1. The van der Waals surface area contributed by atoms with Crippen molar-refractivity contribution in [3.63, 3.8) is 0 Å². The summed E-state index contributed by atoms with van der Waals surface area (Å²) in [4.78, 5) is 37.6. The predicted molar refractivity (Wildman–Crippen MR) is 116 cm³/mol. The van der Waals surface area contributed by atoms with Gasteiger partial charge in [0.15, 0.2) is 6.10 Å². The Morgan fingerprint density at radius 3 is 2.00 bits per heavy atom. The Bertz CT molecular complexity index is 863. The van der Waals surface area contributed by atoms with E-state index in [9.17, 15) is 14.4 Å². The van der Waals surface area contributed by atoms with E-state index in [1.54, 1.807) is 12.1 Å². The van der Waals surface area contributed by atoms with Gasteiger partial charge in [-0.15, -0.1) is 0 Å². The van der Waals surface area contributed by atoms with E-state index >= 15 is 0 Å². The predicted octanol–water partition coefficient (Wildman–Crippen LogP) is 3.56. The fourth-order valence-electron chi connectivity index (χ4n) is 2.88. The first-order valence-electron chi connectivity index (χ1n) is 10.1. The van der Waals surface area contributed by atoms with Crippen molar-refractivity contribution in [2.24, 2.45) is 5.92 Å². The number of hydrogen-bond acceptors (Lipinski definition) is 4. The number of amides is 2. The number of aryl methyl sites for hydroxylation is 1. The van der Waals surface area contributed by atoms with Crippen molar-refractivity contribution in [3.8, 4) is 0 Å². The summed E-state index contributed by atoms with van der Waals surface area (Å²) >= 11 is 0. The molecular weight excluding hydrogens is 380 g/mol.